The molecule has 0 amide bonds. The minimum absolute atomic E-state index is 0.196. The zero-order valence-corrected chi connectivity index (χ0v) is 11.4. The number of ether oxygens (including phenoxy) is 2. The van der Waals surface area contributed by atoms with E-state index in [-0.39, 0.29) is 6.10 Å². The second-order valence-electron chi connectivity index (χ2n) is 4.49. The Morgan fingerprint density at radius 3 is 3.11 bits per heavy atom. The topological polar surface area (TPSA) is 73.0 Å². The van der Waals surface area contributed by atoms with E-state index in [2.05, 4.69) is 9.98 Å². The second kappa shape index (κ2) is 6.38. The summed E-state index contributed by atoms with van der Waals surface area (Å²) in [7, 11) is 1.62. The number of guanidine groups is 1. The molecule has 0 radical (unpaired) electrons. The van der Waals surface area contributed by atoms with Gasteiger partial charge in [-0.15, -0.1) is 0 Å². The van der Waals surface area contributed by atoms with E-state index in [1.807, 2.05) is 24.0 Å². The molecular weight excluding hydrogens is 244 g/mol. The van der Waals surface area contributed by atoms with Crippen molar-refractivity contribution in [2.24, 2.45) is 10.7 Å². The number of aliphatic imine (C=N–C) groups is 1. The lowest BCUT2D eigenvalue weighted by atomic mass is 10.3. The minimum atomic E-state index is 0.196. The molecule has 0 aromatic carbocycles. The number of morpholine rings is 1. The van der Waals surface area contributed by atoms with E-state index in [4.69, 9.17) is 15.2 Å². The number of rotatable bonds is 3. The van der Waals surface area contributed by atoms with Gasteiger partial charge in [0.1, 0.15) is 5.75 Å². The summed E-state index contributed by atoms with van der Waals surface area (Å²) in [4.78, 5) is 10.7. The average molecular weight is 264 g/mol. The van der Waals surface area contributed by atoms with E-state index < -0.39 is 0 Å². The van der Waals surface area contributed by atoms with Crippen LogP contribution in [0.1, 0.15) is 12.6 Å². The van der Waals surface area contributed by atoms with Gasteiger partial charge in [0.2, 0.25) is 0 Å². The van der Waals surface area contributed by atoms with Crippen LogP contribution in [0.2, 0.25) is 0 Å². The third kappa shape index (κ3) is 3.82. The van der Waals surface area contributed by atoms with Crippen molar-refractivity contribution in [3.63, 3.8) is 0 Å². The number of pyridine rings is 1. The number of nitrogens with two attached hydrogens (primary N) is 1. The molecule has 0 aliphatic carbocycles. The molecular formula is C13H20N4O2. The summed E-state index contributed by atoms with van der Waals surface area (Å²) in [5, 5.41) is 0. The van der Waals surface area contributed by atoms with Gasteiger partial charge in [-0.2, -0.15) is 0 Å². The molecule has 6 nitrogen and oxygen atoms in total. The molecule has 0 spiro atoms. The number of nitrogens with zero attached hydrogens (tertiary/aromatic N) is 3. The average Bonchev–Trinajstić information content (AvgIpc) is 2.45. The minimum Gasteiger partial charge on any atom is -0.495 e. The van der Waals surface area contributed by atoms with Crippen LogP contribution in [0, 0.1) is 0 Å². The first-order valence-electron chi connectivity index (χ1n) is 6.34. The van der Waals surface area contributed by atoms with Crippen molar-refractivity contribution in [1.29, 1.82) is 0 Å². The van der Waals surface area contributed by atoms with E-state index in [0.717, 1.165) is 24.5 Å². The zero-order valence-electron chi connectivity index (χ0n) is 11.4. The lowest BCUT2D eigenvalue weighted by Crippen LogP contribution is -2.47. The molecule has 1 fully saturated rings. The van der Waals surface area contributed by atoms with Gasteiger partial charge < -0.3 is 20.1 Å². The standard InChI is InChI=1S/C13H20N4O2/c1-10-9-17(5-6-19-10)13(14)16-7-11-3-4-12(18-2)8-15-11/h3-4,8,10H,5-7,9H2,1-2H3,(H2,14,16). The lowest BCUT2D eigenvalue weighted by Gasteiger charge is -2.31. The fourth-order valence-electron chi connectivity index (χ4n) is 1.91. The molecule has 0 saturated carbocycles. The summed E-state index contributed by atoms with van der Waals surface area (Å²) < 4.78 is 10.5. The SMILES string of the molecule is COc1ccc(CN=C(N)N2CCOC(C)C2)nc1. The molecule has 1 unspecified atom stereocenters. The Kier molecular flexibility index (Phi) is 4.57. The molecule has 0 bridgehead atoms. The smallest absolute Gasteiger partial charge is 0.191 e. The lowest BCUT2D eigenvalue weighted by molar-refractivity contribution is 0.00528. The summed E-state index contributed by atoms with van der Waals surface area (Å²) in [6.07, 6.45) is 1.87. The molecule has 1 aliphatic heterocycles. The maximum atomic E-state index is 5.98. The first-order valence-corrected chi connectivity index (χ1v) is 6.34. The molecule has 1 atom stereocenters. The van der Waals surface area contributed by atoms with Crippen LogP contribution in [0.4, 0.5) is 0 Å². The van der Waals surface area contributed by atoms with Crippen molar-refractivity contribution in [3.8, 4) is 5.75 Å². The van der Waals surface area contributed by atoms with Crippen molar-refractivity contribution in [1.82, 2.24) is 9.88 Å². The van der Waals surface area contributed by atoms with E-state index >= 15 is 0 Å². The van der Waals surface area contributed by atoms with Gasteiger partial charge in [0.15, 0.2) is 5.96 Å². The van der Waals surface area contributed by atoms with Crippen LogP contribution in [-0.2, 0) is 11.3 Å². The highest BCUT2D eigenvalue weighted by Crippen LogP contribution is 2.09. The van der Waals surface area contributed by atoms with Crippen LogP contribution >= 0.6 is 0 Å². The fraction of sp³-hybridized carbons (Fsp3) is 0.538. The summed E-state index contributed by atoms with van der Waals surface area (Å²) >= 11 is 0. The molecule has 1 aromatic heterocycles. The van der Waals surface area contributed by atoms with E-state index in [0.29, 0.717) is 19.1 Å². The maximum Gasteiger partial charge on any atom is 0.191 e. The normalized spacial score (nSPS) is 20.4. The highest BCUT2D eigenvalue weighted by atomic mass is 16.5. The van der Waals surface area contributed by atoms with Gasteiger partial charge >= 0.3 is 0 Å². The van der Waals surface area contributed by atoms with Crippen LogP contribution in [0.3, 0.4) is 0 Å². The molecule has 1 saturated heterocycles. The fourth-order valence-corrected chi connectivity index (χ4v) is 1.91. The summed E-state index contributed by atoms with van der Waals surface area (Å²) in [5.74, 6) is 1.29. The second-order valence-corrected chi connectivity index (χ2v) is 4.49. The number of hydrogen-bond donors (Lipinski definition) is 1. The molecule has 2 rings (SSSR count). The van der Waals surface area contributed by atoms with Gasteiger partial charge in [-0.05, 0) is 19.1 Å². The van der Waals surface area contributed by atoms with E-state index in [1.165, 1.54) is 0 Å². The first-order chi connectivity index (χ1) is 9.19. The molecule has 2 N–H and O–H groups in total. The van der Waals surface area contributed by atoms with Crippen molar-refractivity contribution in [2.75, 3.05) is 26.8 Å². The van der Waals surface area contributed by atoms with Gasteiger partial charge in [0.05, 0.1) is 38.3 Å². The summed E-state index contributed by atoms with van der Waals surface area (Å²) in [5.41, 5.74) is 6.85. The van der Waals surface area contributed by atoms with Gasteiger partial charge in [0, 0.05) is 13.1 Å². The monoisotopic (exact) mass is 264 g/mol. The third-order valence-electron chi connectivity index (χ3n) is 3.00. The van der Waals surface area contributed by atoms with Crippen molar-refractivity contribution in [3.05, 3.63) is 24.0 Å². The summed E-state index contributed by atoms with van der Waals surface area (Å²) in [6, 6.07) is 3.75. The molecule has 2 heterocycles. The Labute approximate surface area is 113 Å². The van der Waals surface area contributed by atoms with Crippen LogP contribution in [-0.4, -0.2) is 48.8 Å². The Morgan fingerprint density at radius 1 is 1.63 bits per heavy atom. The van der Waals surface area contributed by atoms with Gasteiger partial charge in [-0.3, -0.25) is 4.98 Å². The molecule has 104 valence electrons. The van der Waals surface area contributed by atoms with Gasteiger partial charge in [-0.1, -0.05) is 0 Å². The van der Waals surface area contributed by atoms with Crippen LogP contribution < -0.4 is 10.5 Å². The summed E-state index contributed by atoms with van der Waals surface area (Å²) in [6.45, 7) is 4.77. The third-order valence-corrected chi connectivity index (χ3v) is 3.00. The molecule has 1 aliphatic rings. The predicted molar refractivity (Wildman–Crippen MR) is 73.1 cm³/mol. The maximum absolute atomic E-state index is 5.98. The highest BCUT2D eigenvalue weighted by Gasteiger charge is 2.17. The molecule has 6 heteroatoms. The largest absolute Gasteiger partial charge is 0.495 e. The van der Waals surface area contributed by atoms with E-state index in [1.54, 1.807) is 13.3 Å². The molecule has 1 aromatic rings. The molecule has 19 heavy (non-hydrogen) atoms. The highest BCUT2D eigenvalue weighted by molar-refractivity contribution is 5.78. The van der Waals surface area contributed by atoms with Crippen molar-refractivity contribution < 1.29 is 9.47 Å². The Morgan fingerprint density at radius 2 is 2.47 bits per heavy atom. The zero-order chi connectivity index (χ0) is 13.7. The predicted octanol–water partition coefficient (Wildman–Crippen LogP) is 0.626. The Balaban J connectivity index is 1.92. The van der Waals surface area contributed by atoms with Crippen LogP contribution in [0.5, 0.6) is 5.75 Å². The number of hydrogen-bond acceptors (Lipinski definition) is 4. The quantitative estimate of drug-likeness (QED) is 0.640. The van der Waals surface area contributed by atoms with Crippen LogP contribution in [0.15, 0.2) is 23.3 Å². The van der Waals surface area contributed by atoms with Gasteiger partial charge in [0.25, 0.3) is 0 Å². The van der Waals surface area contributed by atoms with Gasteiger partial charge in [-0.25, -0.2) is 4.99 Å². The van der Waals surface area contributed by atoms with Crippen molar-refractivity contribution >= 4 is 5.96 Å². The first kappa shape index (κ1) is 13.6. The Bertz CT molecular complexity index is 433. The van der Waals surface area contributed by atoms with Crippen LogP contribution in [0.25, 0.3) is 0 Å². The van der Waals surface area contributed by atoms with Crippen molar-refractivity contribution in [2.45, 2.75) is 19.6 Å². The Hall–Kier alpha value is -1.82. The number of aromatic nitrogens is 1. The van der Waals surface area contributed by atoms with E-state index in [9.17, 15) is 0 Å². The number of methoxy groups -OCH3 is 1.